The first kappa shape index (κ1) is 18.1. The molecule has 0 aromatic heterocycles. The Labute approximate surface area is 129 Å². The number of hydrogen-bond donors (Lipinski definition) is 2. The Hall–Kier alpha value is -0.910. The van der Waals surface area contributed by atoms with Crippen molar-refractivity contribution in [2.45, 2.75) is 64.9 Å². The van der Waals surface area contributed by atoms with E-state index in [2.05, 4.69) is 30.8 Å². The van der Waals surface area contributed by atoms with E-state index >= 15 is 0 Å². The molecule has 1 unspecified atom stereocenters. The molecule has 120 valence electrons. The predicted octanol–water partition coefficient (Wildman–Crippen LogP) is 2.79. The molecular formula is C16H28N2O2S. The minimum atomic E-state index is -3.27. The maximum absolute atomic E-state index is 12.1. The summed E-state index contributed by atoms with van der Waals surface area (Å²) in [5.41, 5.74) is 1.94. The highest BCUT2D eigenvalue weighted by Crippen LogP contribution is 2.10. The van der Waals surface area contributed by atoms with Gasteiger partial charge in [-0.1, -0.05) is 51.5 Å². The summed E-state index contributed by atoms with van der Waals surface area (Å²) in [4.78, 5) is 0. The fourth-order valence-corrected chi connectivity index (χ4v) is 3.64. The van der Waals surface area contributed by atoms with E-state index in [-0.39, 0.29) is 11.8 Å². The molecule has 0 spiro atoms. The van der Waals surface area contributed by atoms with Gasteiger partial charge in [-0.2, -0.15) is 0 Å². The Morgan fingerprint density at radius 2 is 1.81 bits per heavy atom. The molecular weight excluding hydrogens is 284 g/mol. The Morgan fingerprint density at radius 3 is 2.43 bits per heavy atom. The van der Waals surface area contributed by atoms with Crippen LogP contribution in [0.5, 0.6) is 0 Å². The van der Waals surface area contributed by atoms with E-state index in [1.165, 1.54) is 0 Å². The zero-order valence-corrected chi connectivity index (χ0v) is 14.3. The standard InChI is InChI=1S/C16H28N2O2S/c1-5-7-14(4)18-21(19,20)12-16-9-6-8-15(10-16)11-17-13(2)3/h6,8-10,13-14,17-18H,5,7,11-12H2,1-4H3. The molecule has 0 saturated carbocycles. The average molecular weight is 312 g/mol. The first-order valence-electron chi connectivity index (χ1n) is 7.63. The molecule has 1 aromatic carbocycles. The monoisotopic (exact) mass is 312 g/mol. The highest BCUT2D eigenvalue weighted by Gasteiger charge is 2.15. The van der Waals surface area contributed by atoms with Crippen LogP contribution in [0.2, 0.25) is 0 Å². The molecule has 4 nitrogen and oxygen atoms in total. The fraction of sp³-hybridized carbons (Fsp3) is 0.625. The summed E-state index contributed by atoms with van der Waals surface area (Å²) in [6.07, 6.45) is 1.83. The number of benzene rings is 1. The van der Waals surface area contributed by atoms with E-state index in [4.69, 9.17) is 0 Å². The van der Waals surface area contributed by atoms with Gasteiger partial charge in [-0.05, 0) is 24.5 Å². The van der Waals surface area contributed by atoms with Gasteiger partial charge in [-0.15, -0.1) is 0 Å². The second-order valence-corrected chi connectivity index (χ2v) is 7.68. The number of hydrogen-bond acceptors (Lipinski definition) is 3. The summed E-state index contributed by atoms with van der Waals surface area (Å²) in [6.45, 7) is 8.89. The van der Waals surface area contributed by atoms with Crippen LogP contribution >= 0.6 is 0 Å². The second kappa shape index (κ2) is 8.51. The van der Waals surface area contributed by atoms with Crippen LogP contribution in [-0.2, 0) is 22.3 Å². The van der Waals surface area contributed by atoms with E-state index < -0.39 is 10.0 Å². The summed E-state index contributed by atoms with van der Waals surface area (Å²) in [5.74, 6) is 0.0383. The molecule has 1 atom stereocenters. The highest BCUT2D eigenvalue weighted by atomic mass is 32.2. The molecule has 1 aromatic rings. The van der Waals surface area contributed by atoms with Gasteiger partial charge in [0, 0.05) is 18.6 Å². The van der Waals surface area contributed by atoms with Crippen molar-refractivity contribution in [2.75, 3.05) is 0 Å². The lowest BCUT2D eigenvalue weighted by atomic mass is 10.1. The van der Waals surface area contributed by atoms with Crippen LogP contribution in [0.1, 0.15) is 51.7 Å². The largest absolute Gasteiger partial charge is 0.310 e. The fourth-order valence-electron chi connectivity index (χ4n) is 2.21. The minimum Gasteiger partial charge on any atom is -0.310 e. The van der Waals surface area contributed by atoms with Crippen LogP contribution in [0.3, 0.4) is 0 Å². The quantitative estimate of drug-likeness (QED) is 0.737. The van der Waals surface area contributed by atoms with Crippen LogP contribution in [0.15, 0.2) is 24.3 Å². The summed E-state index contributed by atoms with van der Waals surface area (Å²) in [5, 5.41) is 3.34. The van der Waals surface area contributed by atoms with Gasteiger partial charge in [0.2, 0.25) is 10.0 Å². The van der Waals surface area contributed by atoms with Gasteiger partial charge in [0.05, 0.1) is 5.75 Å². The molecule has 0 aliphatic carbocycles. The first-order chi connectivity index (χ1) is 9.82. The van der Waals surface area contributed by atoms with Gasteiger partial charge in [0.25, 0.3) is 0 Å². The Balaban J connectivity index is 2.67. The third kappa shape index (κ3) is 7.60. The summed E-state index contributed by atoms with van der Waals surface area (Å²) < 4.78 is 27.0. The Morgan fingerprint density at radius 1 is 1.14 bits per heavy atom. The summed E-state index contributed by atoms with van der Waals surface area (Å²) in [6, 6.07) is 8.15. The molecule has 0 aliphatic rings. The Bertz CT molecular complexity index is 527. The van der Waals surface area contributed by atoms with Crippen molar-refractivity contribution in [1.82, 2.24) is 10.0 Å². The van der Waals surface area contributed by atoms with Crippen LogP contribution in [0.25, 0.3) is 0 Å². The van der Waals surface area contributed by atoms with Gasteiger partial charge < -0.3 is 5.32 Å². The average Bonchev–Trinajstić information content (AvgIpc) is 2.35. The molecule has 0 aliphatic heterocycles. The minimum absolute atomic E-state index is 0.00853. The van der Waals surface area contributed by atoms with Crippen molar-refractivity contribution in [1.29, 1.82) is 0 Å². The maximum atomic E-state index is 12.1. The zero-order chi connectivity index (χ0) is 15.9. The lowest BCUT2D eigenvalue weighted by molar-refractivity contribution is 0.543. The molecule has 0 radical (unpaired) electrons. The SMILES string of the molecule is CCCC(C)NS(=O)(=O)Cc1cccc(CNC(C)C)c1. The third-order valence-corrected chi connectivity index (χ3v) is 4.64. The van der Waals surface area contributed by atoms with Crippen molar-refractivity contribution in [3.8, 4) is 0 Å². The maximum Gasteiger partial charge on any atom is 0.216 e. The number of sulfonamides is 1. The number of rotatable bonds is 9. The molecule has 0 saturated heterocycles. The zero-order valence-electron chi connectivity index (χ0n) is 13.5. The van der Waals surface area contributed by atoms with Crippen LogP contribution in [0.4, 0.5) is 0 Å². The lowest BCUT2D eigenvalue weighted by Gasteiger charge is -2.14. The number of nitrogens with one attached hydrogen (secondary N) is 2. The molecule has 0 amide bonds. The van der Waals surface area contributed by atoms with Crippen LogP contribution in [0, 0.1) is 0 Å². The molecule has 1 rings (SSSR count). The smallest absolute Gasteiger partial charge is 0.216 e. The molecule has 2 N–H and O–H groups in total. The summed E-state index contributed by atoms with van der Waals surface area (Å²) >= 11 is 0. The van der Waals surface area contributed by atoms with Crippen molar-refractivity contribution in [2.24, 2.45) is 0 Å². The summed E-state index contributed by atoms with van der Waals surface area (Å²) in [7, 11) is -3.27. The van der Waals surface area contributed by atoms with E-state index in [1.54, 1.807) is 0 Å². The van der Waals surface area contributed by atoms with Crippen molar-refractivity contribution in [3.05, 3.63) is 35.4 Å². The van der Waals surface area contributed by atoms with Gasteiger partial charge in [-0.25, -0.2) is 13.1 Å². The highest BCUT2D eigenvalue weighted by molar-refractivity contribution is 7.88. The van der Waals surface area contributed by atoms with Gasteiger partial charge >= 0.3 is 0 Å². The van der Waals surface area contributed by atoms with E-state index in [1.807, 2.05) is 31.2 Å². The van der Waals surface area contributed by atoms with Crippen molar-refractivity contribution >= 4 is 10.0 Å². The Kier molecular flexibility index (Phi) is 7.35. The van der Waals surface area contributed by atoms with Crippen molar-refractivity contribution < 1.29 is 8.42 Å². The molecule has 21 heavy (non-hydrogen) atoms. The van der Waals surface area contributed by atoms with Gasteiger partial charge in [-0.3, -0.25) is 0 Å². The van der Waals surface area contributed by atoms with Crippen LogP contribution in [-0.4, -0.2) is 20.5 Å². The lowest BCUT2D eigenvalue weighted by Crippen LogP contribution is -2.33. The normalized spacial score (nSPS) is 13.6. The third-order valence-electron chi connectivity index (χ3n) is 3.16. The molecule has 0 fully saturated rings. The predicted molar refractivity (Wildman–Crippen MR) is 88.5 cm³/mol. The topological polar surface area (TPSA) is 58.2 Å². The first-order valence-corrected chi connectivity index (χ1v) is 9.29. The van der Waals surface area contributed by atoms with E-state index in [0.717, 1.165) is 30.5 Å². The van der Waals surface area contributed by atoms with Crippen molar-refractivity contribution in [3.63, 3.8) is 0 Å². The van der Waals surface area contributed by atoms with E-state index in [9.17, 15) is 8.42 Å². The van der Waals surface area contributed by atoms with Crippen LogP contribution < -0.4 is 10.0 Å². The molecule has 0 bridgehead atoms. The molecule has 0 heterocycles. The van der Waals surface area contributed by atoms with Gasteiger partial charge in [0.15, 0.2) is 0 Å². The van der Waals surface area contributed by atoms with Gasteiger partial charge in [0.1, 0.15) is 0 Å². The molecule has 5 heteroatoms. The van der Waals surface area contributed by atoms with E-state index in [0.29, 0.717) is 6.04 Å². The second-order valence-electron chi connectivity index (χ2n) is 5.92.